The fourth-order valence-electron chi connectivity index (χ4n) is 1.98. The molecule has 0 bridgehead atoms. The first-order valence-electron chi connectivity index (χ1n) is 6.65. The van der Waals surface area contributed by atoms with E-state index in [1.54, 1.807) is 18.2 Å². The molecule has 2 rings (SSSR count). The van der Waals surface area contributed by atoms with Crippen LogP contribution in [0.4, 0.5) is 0 Å². The number of fused-ring (bicyclic) bond motifs is 1. The topological polar surface area (TPSA) is 46.5 Å². The van der Waals surface area contributed by atoms with E-state index in [0.717, 1.165) is 21.9 Å². The summed E-state index contributed by atoms with van der Waals surface area (Å²) in [7, 11) is 0. The molecule has 2 aromatic rings. The maximum absolute atomic E-state index is 11.9. The van der Waals surface area contributed by atoms with Gasteiger partial charge in [-0.25, -0.2) is 0 Å². The molecule has 0 saturated carbocycles. The van der Waals surface area contributed by atoms with Crippen molar-refractivity contribution < 1.29 is 14.6 Å². The molecule has 0 amide bonds. The van der Waals surface area contributed by atoms with Crippen molar-refractivity contribution in [2.45, 2.75) is 34.6 Å². The van der Waals surface area contributed by atoms with E-state index in [0.29, 0.717) is 5.75 Å². The van der Waals surface area contributed by atoms with Crippen LogP contribution in [0.1, 0.15) is 31.9 Å². The minimum atomic E-state index is -0.541. The highest BCUT2D eigenvalue weighted by atomic mass is 16.5. The van der Waals surface area contributed by atoms with Crippen molar-refractivity contribution in [3.63, 3.8) is 0 Å². The number of ether oxygens (including phenoxy) is 1. The van der Waals surface area contributed by atoms with Crippen molar-refractivity contribution in [3.8, 4) is 11.5 Å². The molecule has 2 aromatic carbocycles. The number of carbonyl (C=O) groups excluding carboxylic acids is 1. The number of phenolic OH excluding ortho intramolecular Hbond substituents is 1. The first-order valence-corrected chi connectivity index (χ1v) is 6.65. The van der Waals surface area contributed by atoms with E-state index < -0.39 is 5.41 Å². The summed E-state index contributed by atoms with van der Waals surface area (Å²) in [6.07, 6.45) is 0. The second-order valence-corrected chi connectivity index (χ2v) is 6.17. The van der Waals surface area contributed by atoms with Crippen LogP contribution < -0.4 is 4.74 Å². The van der Waals surface area contributed by atoms with Gasteiger partial charge in [0.1, 0.15) is 11.5 Å². The Bertz CT molecular complexity index is 679. The molecule has 0 unspecified atom stereocenters. The zero-order chi connectivity index (χ0) is 15.1. The third kappa shape index (κ3) is 2.62. The number of rotatable bonds is 1. The van der Waals surface area contributed by atoms with Crippen LogP contribution in [0.5, 0.6) is 11.5 Å². The average molecular weight is 272 g/mol. The van der Waals surface area contributed by atoms with Gasteiger partial charge in [-0.3, -0.25) is 4.79 Å². The summed E-state index contributed by atoms with van der Waals surface area (Å²) in [4.78, 5) is 11.9. The molecule has 0 aliphatic heterocycles. The van der Waals surface area contributed by atoms with Crippen LogP contribution in [0, 0.1) is 19.3 Å². The van der Waals surface area contributed by atoms with Gasteiger partial charge in [0.2, 0.25) is 0 Å². The standard InChI is InChI=1S/C17H20O3/c1-10-11(2)15(18)9-12-8-13(6-7-14(10)12)20-16(19)17(3,4)5/h6-9,18H,1-5H3. The Balaban J connectivity index is 2.45. The highest BCUT2D eigenvalue weighted by Crippen LogP contribution is 2.31. The molecule has 0 heterocycles. The Labute approximate surface area is 119 Å². The van der Waals surface area contributed by atoms with Crippen LogP contribution in [0.2, 0.25) is 0 Å². The lowest BCUT2D eigenvalue weighted by Crippen LogP contribution is -2.25. The van der Waals surface area contributed by atoms with E-state index >= 15 is 0 Å². The summed E-state index contributed by atoms with van der Waals surface area (Å²) >= 11 is 0. The molecular weight excluding hydrogens is 252 g/mol. The highest BCUT2D eigenvalue weighted by Gasteiger charge is 2.23. The van der Waals surface area contributed by atoms with Gasteiger partial charge in [0.25, 0.3) is 0 Å². The molecule has 0 spiro atoms. The molecule has 0 aliphatic carbocycles. The Hall–Kier alpha value is -2.03. The molecule has 0 saturated heterocycles. The normalized spacial score (nSPS) is 11.7. The number of carbonyl (C=O) groups is 1. The molecular formula is C17H20O3. The monoisotopic (exact) mass is 272 g/mol. The van der Waals surface area contributed by atoms with Gasteiger partial charge in [0, 0.05) is 0 Å². The van der Waals surface area contributed by atoms with E-state index in [9.17, 15) is 9.90 Å². The van der Waals surface area contributed by atoms with Gasteiger partial charge in [0.05, 0.1) is 5.41 Å². The summed E-state index contributed by atoms with van der Waals surface area (Å²) in [5.41, 5.74) is 1.37. The maximum Gasteiger partial charge on any atom is 0.316 e. The van der Waals surface area contributed by atoms with Gasteiger partial charge < -0.3 is 9.84 Å². The lowest BCUT2D eigenvalue weighted by Gasteiger charge is -2.17. The van der Waals surface area contributed by atoms with Crippen molar-refractivity contribution in [2.24, 2.45) is 5.41 Å². The minimum Gasteiger partial charge on any atom is -0.508 e. The number of esters is 1. The molecule has 3 heteroatoms. The molecule has 0 radical (unpaired) electrons. The van der Waals surface area contributed by atoms with Crippen molar-refractivity contribution in [2.75, 3.05) is 0 Å². The van der Waals surface area contributed by atoms with Crippen LogP contribution in [0.15, 0.2) is 24.3 Å². The number of phenols is 1. The molecule has 106 valence electrons. The van der Waals surface area contributed by atoms with Crippen LogP contribution >= 0.6 is 0 Å². The first-order chi connectivity index (χ1) is 9.20. The summed E-state index contributed by atoms with van der Waals surface area (Å²) in [5, 5.41) is 11.8. The van der Waals surface area contributed by atoms with Gasteiger partial charge in [-0.15, -0.1) is 0 Å². The molecule has 1 N–H and O–H groups in total. The highest BCUT2D eigenvalue weighted by molar-refractivity contribution is 5.90. The van der Waals surface area contributed by atoms with E-state index in [1.165, 1.54) is 0 Å². The van der Waals surface area contributed by atoms with E-state index in [2.05, 4.69) is 0 Å². The number of aryl methyl sites for hydroxylation is 1. The second-order valence-electron chi connectivity index (χ2n) is 6.17. The smallest absolute Gasteiger partial charge is 0.316 e. The Kier molecular flexibility index (Phi) is 3.46. The summed E-state index contributed by atoms with van der Waals surface area (Å²) in [6, 6.07) is 7.19. The maximum atomic E-state index is 11.9. The minimum absolute atomic E-state index is 0.259. The molecule has 0 aliphatic rings. The van der Waals surface area contributed by atoms with Gasteiger partial charge in [-0.2, -0.15) is 0 Å². The summed E-state index contributed by atoms with van der Waals surface area (Å²) < 4.78 is 5.38. The van der Waals surface area contributed by atoms with Gasteiger partial charge in [-0.1, -0.05) is 6.07 Å². The third-order valence-electron chi connectivity index (χ3n) is 3.49. The van der Waals surface area contributed by atoms with E-state index in [4.69, 9.17) is 4.74 Å². The SMILES string of the molecule is Cc1c(O)cc2cc(OC(=O)C(C)(C)C)ccc2c1C. The van der Waals surface area contributed by atoms with Crippen molar-refractivity contribution in [1.29, 1.82) is 0 Å². The fraction of sp³-hybridized carbons (Fsp3) is 0.353. The van der Waals surface area contributed by atoms with Crippen molar-refractivity contribution in [3.05, 3.63) is 35.4 Å². The Morgan fingerprint density at radius 1 is 1.10 bits per heavy atom. The molecule has 0 fully saturated rings. The quantitative estimate of drug-likeness (QED) is 0.627. The van der Waals surface area contributed by atoms with E-state index in [1.807, 2.05) is 40.7 Å². The van der Waals surface area contributed by atoms with Crippen molar-refractivity contribution >= 4 is 16.7 Å². The average Bonchev–Trinajstić information content (AvgIpc) is 2.35. The predicted octanol–water partition coefficient (Wildman–Crippen LogP) is 4.11. The van der Waals surface area contributed by atoms with Gasteiger partial charge in [-0.05, 0) is 74.7 Å². The Morgan fingerprint density at radius 3 is 2.35 bits per heavy atom. The first kappa shape index (κ1) is 14.4. The molecule has 20 heavy (non-hydrogen) atoms. The number of aromatic hydroxyl groups is 1. The zero-order valence-electron chi connectivity index (χ0n) is 12.6. The van der Waals surface area contributed by atoms with Crippen LogP contribution in [-0.2, 0) is 4.79 Å². The molecule has 0 aromatic heterocycles. The fourth-order valence-corrected chi connectivity index (χ4v) is 1.98. The number of hydrogen-bond acceptors (Lipinski definition) is 3. The van der Waals surface area contributed by atoms with Crippen LogP contribution in [0.25, 0.3) is 10.8 Å². The zero-order valence-corrected chi connectivity index (χ0v) is 12.6. The van der Waals surface area contributed by atoms with Crippen molar-refractivity contribution in [1.82, 2.24) is 0 Å². The summed E-state index contributed by atoms with van der Waals surface area (Å²) in [6.45, 7) is 9.30. The Morgan fingerprint density at radius 2 is 1.75 bits per heavy atom. The molecule has 3 nitrogen and oxygen atoms in total. The molecule has 0 atom stereocenters. The van der Waals surface area contributed by atoms with Gasteiger partial charge in [0.15, 0.2) is 0 Å². The summed E-state index contributed by atoms with van der Waals surface area (Å²) in [5.74, 6) is 0.485. The third-order valence-corrected chi connectivity index (χ3v) is 3.49. The number of hydrogen-bond donors (Lipinski definition) is 1. The van der Waals surface area contributed by atoms with Crippen LogP contribution in [0.3, 0.4) is 0 Å². The second kappa shape index (κ2) is 4.82. The predicted molar refractivity (Wildman–Crippen MR) is 80.2 cm³/mol. The van der Waals surface area contributed by atoms with Crippen LogP contribution in [-0.4, -0.2) is 11.1 Å². The largest absolute Gasteiger partial charge is 0.508 e. The lowest BCUT2D eigenvalue weighted by atomic mass is 9.97. The number of benzene rings is 2. The van der Waals surface area contributed by atoms with Gasteiger partial charge >= 0.3 is 5.97 Å². The van der Waals surface area contributed by atoms with E-state index in [-0.39, 0.29) is 11.7 Å². The lowest BCUT2D eigenvalue weighted by molar-refractivity contribution is -0.142.